The Kier molecular flexibility index (Phi) is 7.09. The summed E-state index contributed by atoms with van der Waals surface area (Å²) in [4.78, 5) is 34.4. The van der Waals surface area contributed by atoms with Gasteiger partial charge in [0.2, 0.25) is 0 Å². The van der Waals surface area contributed by atoms with E-state index in [-0.39, 0.29) is 44.9 Å². The zero-order valence-electron chi connectivity index (χ0n) is 18.7. The number of aryl methyl sites for hydroxylation is 1. The van der Waals surface area contributed by atoms with Crippen LogP contribution < -0.4 is 11.1 Å². The Labute approximate surface area is 216 Å². The summed E-state index contributed by atoms with van der Waals surface area (Å²) < 4.78 is 38.4. The van der Waals surface area contributed by atoms with E-state index in [1.807, 2.05) is 0 Å². The average molecular weight is 551 g/mol. The largest absolute Gasteiger partial charge is 0.455 e. The first-order valence-electron chi connectivity index (χ1n) is 10.3. The Bertz CT molecular complexity index is 1520. The Morgan fingerprint density at radius 1 is 1.14 bits per heavy atom. The Balaban J connectivity index is 1.75. The average Bonchev–Trinajstić information content (AvgIpc) is 3.30. The van der Waals surface area contributed by atoms with Gasteiger partial charge in [0.15, 0.2) is 5.82 Å². The van der Waals surface area contributed by atoms with Gasteiger partial charge < -0.3 is 11.1 Å². The zero-order chi connectivity index (χ0) is 26.9. The highest BCUT2D eigenvalue weighted by Gasteiger charge is 2.36. The predicted molar refractivity (Wildman–Crippen MR) is 127 cm³/mol. The molecular formula is C22H15Cl2F3N8O2. The van der Waals surface area contributed by atoms with E-state index < -0.39 is 23.8 Å². The maximum absolute atomic E-state index is 13.3. The van der Waals surface area contributed by atoms with Gasteiger partial charge in [-0.2, -0.15) is 18.0 Å². The third kappa shape index (κ3) is 5.67. The number of nitrogens with two attached hydrogens (primary N) is 1. The van der Waals surface area contributed by atoms with Crippen LogP contribution in [0, 0.1) is 6.92 Å². The summed E-state index contributed by atoms with van der Waals surface area (Å²) in [6.45, 7) is 1.26. The molecule has 10 nitrogen and oxygen atoms in total. The summed E-state index contributed by atoms with van der Waals surface area (Å²) in [6.07, 6.45) is -3.60. The molecule has 0 aliphatic heterocycles. The van der Waals surface area contributed by atoms with Crippen molar-refractivity contribution in [1.82, 2.24) is 30.2 Å². The number of rotatable bonds is 6. The maximum atomic E-state index is 13.3. The number of alkyl halides is 3. The van der Waals surface area contributed by atoms with E-state index in [2.05, 4.69) is 30.7 Å². The van der Waals surface area contributed by atoms with Crippen molar-refractivity contribution in [2.24, 2.45) is 5.73 Å². The normalized spacial score (nSPS) is 11.4. The molecule has 2 heterocycles. The number of hydrogen-bond acceptors (Lipinski definition) is 7. The molecule has 0 saturated carbocycles. The molecule has 0 atom stereocenters. The van der Waals surface area contributed by atoms with Gasteiger partial charge >= 0.3 is 6.18 Å². The molecule has 0 saturated heterocycles. The van der Waals surface area contributed by atoms with Crippen LogP contribution in [0.3, 0.4) is 0 Å². The lowest BCUT2D eigenvalue weighted by atomic mass is 10.0. The Morgan fingerprint density at radius 3 is 2.51 bits per heavy atom. The first-order chi connectivity index (χ1) is 17.4. The first kappa shape index (κ1) is 26.0. The molecule has 0 radical (unpaired) electrons. The molecular weight excluding hydrogens is 536 g/mol. The van der Waals surface area contributed by atoms with Crippen molar-refractivity contribution >= 4 is 40.7 Å². The summed E-state index contributed by atoms with van der Waals surface area (Å²) in [5.41, 5.74) is 6.45. The fourth-order valence-electron chi connectivity index (χ4n) is 3.35. The smallest absolute Gasteiger partial charge is 0.366 e. The van der Waals surface area contributed by atoms with Crippen molar-refractivity contribution < 1.29 is 22.8 Å². The van der Waals surface area contributed by atoms with Crippen LogP contribution in [0.5, 0.6) is 0 Å². The van der Waals surface area contributed by atoms with Gasteiger partial charge in [0.1, 0.15) is 6.54 Å². The molecule has 37 heavy (non-hydrogen) atoms. The fourth-order valence-corrected chi connectivity index (χ4v) is 3.85. The topological polar surface area (TPSA) is 142 Å². The number of benzene rings is 2. The van der Waals surface area contributed by atoms with Crippen molar-refractivity contribution in [1.29, 1.82) is 0 Å². The molecule has 0 spiro atoms. The van der Waals surface area contributed by atoms with E-state index in [0.29, 0.717) is 15.9 Å². The molecule has 190 valence electrons. The van der Waals surface area contributed by atoms with Crippen LogP contribution in [-0.4, -0.2) is 42.0 Å². The number of carbonyl (C=O) groups excluding carboxylic acids is 2. The zero-order valence-corrected chi connectivity index (χ0v) is 20.2. The summed E-state index contributed by atoms with van der Waals surface area (Å²) in [6, 6.07) is 9.36. The van der Waals surface area contributed by atoms with Crippen LogP contribution in [0.25, 0.3) is 11.3 Å². The highest BCUT2D eigenvalue weighted by molar-refractivity contribution is 6.33. The molecule has 2 aromatic carbocycles. The second-order valence-corrected chi connectivity index (χ2v) is 8.48. The van der Waals surface area contributed by atoms with Gasteiger partial charge in [-0.05, 0) is 35.9 Å². The van der Waals surface area contributed by atoms with Crippen molar-refractivity contribution in [3.63, 3.8) is 0 Å². The van der Waals surface area contributed by atoms with Gasteiger partial charge in [-0.1, -0.05) is 41.4 Å². The van der Waals surface area contributed by atoms with E-state index in [9.17, 15) is 22.8 Å². The lowest BCUT2D eigenvalue weighted by molar-refractivity contribution is -0.145. The summed E-state index contributed by atoms with van der Waals surface area (Å²) >= 11 is 12.4. The van der Waals surface area contributed by atoms with Gasteiger partial charge in [-0.15, -0.1) is 10.2 Å². The van der Waals surface area contributed by atoms with Crippen molar-refractivity contribution in [3.05, 3.63) is 81.0 Å². The first-order valence-corrected chi connectivity index (χ1v) is 11.1. The number of hydrogen-bond donors (Lipinski definition) is 2. The van der Waals surface area contributed by atoms with Crippen LogP contribution in [0.4, 0.5) is 18.9 Å². The van der Waals surface area contributed by atoms with Crippen molar-refractivity contribution in [2.45, 2.75) is 19.6 Å². The molecule has 0 unspecified atom stereocenters. The molecule has 0 bridgehead atoms. The van der Waals surface area contributed by atoms with Crippen LogP contribution in [0.1, 0.15) is 37.9 Å². The summed E-state index contributed by atoms with van der Waals surface area (Å²) in [7, 11) is 0. The standard InChI is InChI=1S/C22H15Cl2F3N8O2/c1-10-6-11(23)7-13(19(28)36)17(10)31-20(37)14-8-29-16(9-35-33-21(32-34-35)22(25,26)27)30-18(14)12-4-2-3-5-15(12)24/h2-8H,9H2,1H3,(H2,28,36)(H,31,37). The number of carbonyl (C=O) groups is 2. The van der Waals surface area contributed by atoms with E-state index in [1.54, 1.807) is 37.3 Å². The SMILES string of the molecule is Cc1cc(Cl)cc(C(N)=O)c1NC(=O)c1cnc(Cn2nnc(C(F)(F)F)n2)nc1-c1ccccc1Cl. The molecule has 0 aliphatic carbocycles. The van der Waals surface area contributed by atoms with Gasteiger partial charge in [0.25, 0.3) is 17.6 Å². The third-order valence-electron chi connectivity index (χ3n) is 5.01. The number of tetrazole rings is 1. The lowest BCUT2D eigenvalue weighted by Crippen LogP contribution is -2.21. The molecule has 3 N–H and O–H groups in total. The van der Waals surface area contributed by atoms with Gasteiger partial charge in [0.05, 0.1) is 22.5 Å². The summed E-state index contributed by atoms with van der Waals surface area (Å²) in [5.74, 6) is -2.94. The predicted octanol–water partition coefficient (Wildman–Crippen LogP) is 4.16. The lowest BCUT2D eigenvalue weighted by Gasteiger charge is -2.15. The quantitative estimate of drug-likeness (QED) is 0.367. The second-order valence-electron chi connectivity index (χ2n) is 7.63. The fraction of sp³-hybridized carbons (Fsp3) is 0.136. The van der Waals surface area contributed by atoms with Crippen LogP contribution >= 0.6 is 23.2 Å². The van der Waals surface area contributed by atoms with Crippen molar-refractivity contribution in [2.75, 3.05) is 5.32 Å². The number of halogens is 5. The van der Waals surface area contributed by atoms with Crippen LogP contribution in [0.2, 0.25) is 10.0 Å². The number of nitrogens with zero attached hydrogens (tertiary/aromatic N) is 6. The highest BCUT2D eigenvalue weighted by atomic mass is 35.5. The Morgan fingerprint density at radius 2 is 1.86 bits per heavy atom. The minimum atomic E-state index is -4.77. The maximum Gasteiger partial charge on any atom is 0.455 e. The highest BCUT2D eigenvalue weighted by Crippen LogP contribution is 2.31. The van der Waals surface area contributed by atoms with E-state index >= 15 is 0 Å². The van der Waals surface area contributed by atoms with E-state index in [0.717, 1.165) is 0 Å². The monoisotopic (exact) mass is 550 g/mol. The van der Waals surface area contributed by atoms with E-state index in [1.165, 1.54) is 12.3 Å². The molecule has 15 heteroatoms. The molecule has 4 rings (SSSR count). The molecule has 0 fully saturated rings. The number of aromatic nitrogens is 6. The molecule has 2 amide bonds. The molecule has 4 aromatic rings. The van der Waals surface area contributed by atoms with Crippen LogP contribution in [-0.2, 0) is 12.7 Å². The number of primary amides is 1. The number of amides is 2. The number of anilines is 1. The van der Waals surface area contributed by atoms with Gasteiger partial charge in [-0.25, -0.2) is 9.97 Å². The third-order valence-corrected chi connectivity index (χ3v) is 5.55. The number of nitrogens with one attached hydrogen (secondary N) is 1. The minimum Gasteiger partial charge on any atom is -0.366 e. The second kappa shape index (κ2) is 10.1. The van der Waals surface area contributed by atoms with Gasteiger partial charge in [-0.3, -0.25) is 9.59 Å². The molecule has 0 aliphatic rings. The van der Waals surface area contributed by atoms with E-state index in [4.69, 9.17) is 28.9 Å². The van der Waals surface area contributed by atoms with Crippen molar-refractivity contribution in [3.8, 4) is 11.3 Å². The summed E-state index contributed by atoms with van der Waals surface area (Å²) in [5, 5.41) is 12.8. The molecule has 2 aromatic heterocycles. The van der Waals surface area contributed by atoms with Gasteiger partial charge in [0, 0.05) is 21.8 Å². The Hall–Kier alpha value is -4.10. The minimum absolute atomic E-state index is 0.00657. The van der Waals surface area contributed by atoms with Crippen LogP contribution in [0.15, 0.2) is 42.6 Å².